The number of allylic oxidation sites excluding steroid dienone is 3. The summed E-state index contributed by atoms with van der Waals surface area (Å²) in [7, 11) is 4.17. The summed E-state index contributed by atoms with van der Waals surface area (Å²) in [6.07, 6.45) is 12.5. The van der Waals surface area contributed by atoms with Crippen molar-refractivity contribution in [2.75, 3.05) is 20.6 Å². The zero-order valence-corrected chi connectivity index (χ0v) is 16.7. The molecule has 1 aliphatic rings. The summed E-state index contributed by atoms with van der Waals surface area (Å²) < 4.78 is 5.91. The Morgan fingerprint density at radius 2 is 1.88 bits per heavy atom. The van der Waals surface area contributed by atoms with E-state index in [0.717, 1.165) is 44.4 Å². The van der Waals surface area contributed by atoms with E-state index in [1.807, 2.05) is 31.2 Å². The van der Waals surface area contributed by atoms with Gasteiger partial charge in [0.25, 0.3) is 0 Å². The molecule has 3 nitrogen and oxygen atoms in total. The highest BCUT2D eigenvalue weighted by Crippen LogP contribution is 2.36. The highest BCUT2D eigenvalue weighted by atomic mass is 16.5. The molecule has 2 rings (SSSR count). The van der Waals surface area contributed by atoms with Crippen molar-refractivity contribution in [3.8, 4) is 0 Å². The van der Waals surface area contributed by atoms with E-state index < -0.39 is 5.60 Å². The average Bonchev–Trinajstić information content (AvgIpc) is 2.64. The predicted octanol–water partition coefficient (Wildman–Crippen LogP) is 4.93. The summed E-state index contributed by atoms with van der Waals surface area (Å²) in [5.74, 6) is 1.15. The molecule has 3 heteroatoms. The molecule has 0 amide bonds. The van der Waals surface area contributed by atoms with Gasteiger partial charge in [-0.25, -0.2) is 0 Å². The molecule has 1 unspecified atom stereocenters. The third-order valence-electron chi connectivity index (χ3n) is 5.30. The van der Waals surface area contributed by atoms with E-state index in [9.17, 15) is 5.11 Å². The van der Waals surface area contributed by atoms with Crippen LogP contribution in [-0.2, 0) is 11.3 Å². The molecule has 1 aromatic carbocycles. The van der Waals surface area contributed by atoms with Crippen molar-refractivity contribution in [3.63, 3.8) is 0 Å². The molecule has 1 aromatic rings. The lowest BCUT2D eigenvalue weighted by Crippen LogP contribution is -2.44. The molecule has 0 aromatic heterocycles. The Labute approximate surface area is 159 Å². The summed E-state index contributed by atoms with van der Waals surface area (Å²) in [4.78, 5) is 2.19. The molecule has 0 heterocycles. The number of aliphatic hydroxyl groups is 1. The van der Waals surface area contributed by atoms with Crippen LogP contribution >= 0.6 is 0 Å². The second kappa shape index (κ2) is 10.5. The molecule has 1 aliphatic carbocycles. The van der Waals surface area contributed by atoms with Gasteiger partial charge in [0.1, 0.15) is 12.4 Å². The van der Waals surface area contributed by atoms with Gasteiger partial charge in [-0.15, -0.1) is 0 Å². The quantitative estimate of drug-likeness (QED) is 0.503. The molecular weight excluding hydrogens is 322 g/mol. The summed E-state index contributed by atoms with van der Waals surface area (Å²) >= 11 is 0. The number of benzene rings is 1. The fraction of sp³-hybridized carbons (Fsp3) is 0.565. The van der Waals surface area contributed by atoms with Gasteiger partial charge in [0.2, 0.25) is 0 Å². The minimum absolute atomic E-state index is 0.265. The van der Waals surface area contributed by atoms with Crippen LogP contribution in [0.5, 0.6) is 0 Å². The van der Waals surface area contributed by atoms with Gasteiger partial charge in [-0.05, 0) is 58.0 Å². The van der Waals surface area contributed by atoms with Gasteiger partial charge in [-0.3, -0.25) is 0 Å². The average molecular weight is 358 g/mol. The maximum atomic E-state index is 11.1. The standard InChI is InChI=1S/C23H35NO2/c1-4-22(26-19-20-12-7-5-8-13-20)15-11-14-21(18-24(2)3)23(25)16-9-6-10-17-23/h4-5,7-8,11-13,15,21,25H,6,9-10,14,16-19H2,1-3H3. The first-order valence-electron chi connectivity index (χ1n) is 9.90. The fourth-order valence-corrected chi connectivity index (χ4v) is 3.79. The maximum Gasteiger partial charge on any atom is 0.115 e. The van der Waals surface area contributed by atoms with E-state index >= 15 is 0 Å². The van der Waals surface area contributed by atoms with Crippen molar-refractivity contribution in [1.82, 2.24) is 4.90 Å². The van der Waals surface area contributed by atoms with Crippen LogP contribution in [0.2, 0.25) is 0 Å². The monoisotopic (exact) mass is 357 g/mol. The lowest BCUT2D eigenvalue weighted by Gasteiger charge is -2.40. The Bertz CT molecular complexity index is 571. The van der Waals surface area contributed by atoms with Gasteiger partial charge in [-0.2, -0.15) is 0 Å². The smallest absolute Gasteiger partial charge is 0.115 e. The molecule has 26 heavy (non-hydrogen) atoms. The summed E-state index contributed by atoms with van der Waals surface area (Å²) in [6, 6.07) is 10.2. The Balaban J connectivity index is 1.92. The van der Waals surface area contributed by atoms with Crippen molar-refractivity contribution in [3.05, 3.63) is 59.9 Å². The number of nitrogens with zero attached hydrogens (tertiary/aromatic N) is 1. The van der Waals surface area contributed by atoms with Crippen LogP contribution in [0.15, 0.2) is 54.3 Å². The lowest BCUT2D eigenvalue weighted by molar-refractivity contribution is -0.0551. The Morgan fingerprint density at radius 3 is 2.50 bits per heavy atom. The van der Waals surface area contributed by atoms with E-state index in [2.05, 4.69) is 43.3 Å². The zero-order chi connectivity index (χ0) is 18.8. The van der Waals surface area contributed by atoms with Gasteiger partial charge >= 0.3 is 0 Å². The SMILES string of the molecule is CC=C(C=CCC(CN(C)C)C1(O)CCCCC1)OCc1ccccc1. The van der Waals surface area contributed by atoms with E-state index in [4.69, 9.17) is 4.74 Å². The van der Waals surface area contributed by atoms with Gasteiger partial charge in [0.05, 0.1) is 5.60 Å². The molecule has 0 spiro atoms. The van der Waals surface area contributed by atoms with Crippen LogP contribution in [0.3, 0.4) is 0 Å². The van der Waals surface area contributed by atoms with Gasteiger partial charge in [0, 0.05) is 12.5 Å². The minimum atomic E-state index is -0.520. The topological polar surface area (TPSA) is 32.7 Å². The van der Waals surface area contributed by atoms with Crippen LogP contribution in [-0.4, -0.2) is 36.2 Å². The zero-order valence-electron chi connectivity index (χ0n) is 16.7. The van der Waals surface area contributed by atoms with Crippen LogP contribution < -0.4 is 0 Å². The van der Waals surface area contributed by atoms with Crippen LogP contribution in [0.1, 0.15) is 51.0 Å². The van der Waals surface area contributed by atoms with Crippen molar-refractivity contribution >= 4 is 0 Å². The Hall–Kier alpha value is -1.58. The minimum Gasteiger partial charge on any atom is -0.489 e. The van der Waals surface area contributed by atoms with Crippen molar-refractivity contribution < 1.29 is 9.84 Å². The van der Waals surface area contributed by atoms with Crippen molar-refractivity contribution in [2.24, 2.45) is 5.92 Å². The first kappa shape index (κ1) is 20.7. The first-order chi connectivity index (χ1) is 12.5. The van der Waals surface area contributed by atoms with Crippen molar-refractivity contribution in [2.45, 2.75) is 57.7 Å². The molecule has 144 valence electrons. The van der Waals surface area contributed by atoms with E-state index in [-0.39, 0.29) is 5.92 Å². The third kappa shape index (κ3) is 6.62. The molecule has 1 saturated carbocycles. The summed E-state index contributed by atoms with van der Waals surface area (Å²) in [5.41, 5.74) is 0.649. The molecule has 0 bridgehead atoms. The number of rotatable bonds is 9. The van der Waals surface area contributed by atoms with Crippen LogP contribution in [0.25, 0.3) is 0 Å². The summed E-state index contributed by atoms with van der Waals surface area (Å²) in [5, 5.41) is 11.1. The Kier molecular flexibility index (Phi) is 8.40. The molecule has 1 N–H and O–H groups in total. The van der Waals surface area contributed by atoms with E-state index in [1.54, 1.807) is 0 Å². The maximum absolute atomic E-state index is 11.1. The molecular formula is C23H35NO2. The Morgan fingerprint density at radius 1 is 1.19 bits per heavy atom. The van der Waals surface area contributed by atoms with Crippen LogP contribution in [0.4, 0.5) is 0 Å². The highest BCUT2D eigenvalue weighted by Gasteiger charge is 2.37. The largest absolute Gasteiger partial charge is 0.489 e. The molecule has 1 fully saturated rings. The van der Waals surface area contributed by atoms with Crippen LogP contribution in [0, 0.1) is 5.92 Å². The second-order valence-electron chi connectivity index (χ2n) is 7.73. The fourth-order valence-electron chi connectivity index (χ4n) is 3.79. The van der Waals surface area contributed by atoms with Gasteiger partial charge in [-0.1, -0.05) is 55.7 Å². The normalized spacial score (nSPS) is 19.0. The van der Waals surface area contributed by atoms with E-state index in [1.165, 1.54) is 12.0 Å². The number of hydrogen-bond acceptors (Lipinski definition) is 3. The number of hydrogen-bond donors (Lipinski definition) is 1. The summed E-state index contributed by atoms with van der Waals surface area (Å²) in [6.45, 7) is 3.49. The first-order valence-corrected chi connectivity index (χ1v) is 9.90. The third-order valence-corrected chi connectivity index (χ3v) is 5.30. The molecule has 0 saturated heterocycles. The molecule has 1 atom stereocenters. The van der Waals surface area contributed by atoms with Gasteiger partial charge in [0.15, 0.2) is 0 Å². The lowest BCUT2D eigenvalue weighted by atomic mass is 9.74. The molecule has 0 aliphatic heterocycles. The highest BCUT2D eigenvalue weighted by molar-refractivity contribution is 5.16. The molecule has 0 radical (unpaired) electrons. The predicted molar refractivity (Wildman–Crippen MR) is 109 cm³/mol. The van der Waals surface area contributed by atoms with Gasteiger partial charge < -0.3 is 14.7 Å². The van der Waals surface area contributed by atoms with Crippen molar-refractivity contribution in [1.29, 1.82) is 0 Å². The van der Waals surface area contributed by atoms with E-state index in [0.29, 0.717) is 6.61 Å². The second-order valence-corrected chi connectivity index (χ2v) is 7.73. The number of ether oxygens (including phenoxy) is 1.